The van der Waals surface area contributed by atoms with Crippen molar-refractivity contribution in [2.24, 2.45) is 0 Å². The van der Waals surface area contributed by atoms with Gasteiger partial charge in [0.15, 0.2) is 5.75 Å². The van der Waals surface area contributed by atoms with Crippen LogP contribution in [0.4, 0.5) is 17.1 Å². The minimum Gasteiger partial charge on any atom is -0.494 e. The van der Waals surface area contributed by atoms with E-state index in [1.165, 1.54) is 14.2 Å². The van der Waals surface area contributed by atoms with Crippen LogP contribution < -0.4 is 26.7 Å². The molecule has 0 saturated heterocycles. The van der Waals surface area contributed by atoms with Crippen molar-refractivity contribution in [3.05, 3.63) is 6.07 Å². The maximum absolute atomic E-state index is 5.66. The topological polar surface area (TPSA) is 96.5 Å². The molecule has 0 unspecified atom stereocenters. The number of hydrogen-bond donors (Lipinski definition) is 3. The van der Waals surface area contributed by atoms with E-state index >= 15 is 0 Å². The molecule has 0 heterocycles. The van der Waals surface area contributed by atoms with Crippen LogP contribution >= 0.6 is 0 Å². The molecule has 0 saturated carbocycles. The summed E-state index contributed by atoms with van der Waals surface area (Å²) >= 11 is 0. The third-order valence-corrected chi connectivity index (χ3v) is 1.77. The van der Waals surface area contributed by atoms with E-state index < -0.39 is 0 Å². The van der Waals surface area contributed by atoms with Crippen molar-refractivity contribution in [2.45, 2.75) is 0 Å². The van der Waals surface area contributed by atoms with Gasteiger partial charge in [-0.1, -0.05) is 0 Å². The minimum absolute atomic E-state index is 0.305. The van der Waals surface area contributed by atoms with Crippen molar-refractivity contribution in [3.63, 3.8) is 0 Å². The number of anilines is 3. The molecule has 0 fully saturated rings. The van der Waals surface area contributed by atoms with Crippen LogP contribution in [0.3, 0.4) is 0 Å². The SMILES string of the molecule is COc1cc(N)c(OC)c(N)c1N. The highest BCUT2D eigenvalue weighted by Crippen LogP contribution is 2.40. The van der Waals surface area contributed by atoms with Gasteiger partial charge in [-0.05, 0) is 0 Å². The number of hydrogen-bond acceptors (Lipinski definition) is 5. The fourth-order valence-corrected chi connectivity index (χ4v) is 1.09. The molecule has 0 aliphatic heterocycles. The summed E-state index contributed by atoms with van der Waals surface area (Å²) in [5.41, 5.74) is 18.0. The van der Waals surface area contributed by atoms with E-state index in [0.717, 1.165) is 0 Å². The van der Waals surface area contributed by atoms with E-state index in [1.807, 2.05) is 0 Å². The highest BCUT2D eigenvalue weighted by atomic mass is 16.5. The second-order valence-corrected chi connectivity index (χ2v) is 2.53. The van der Waals surface area contributed by atoms with E-state index in [9.17, 15) is 0 Å². The first-order valence-electron chi connectivity index (χ1n) is 3.67. The monoisotopic (exact) mass is 183 g/mol. The van der Waals surface area contributed by atoms with E-state index in [-0.39, 0.29) is 0 Å². The van der Waals surface area contributed by atoms with E-state index in [0.29, 0.717) is 28.6 Å². The van der Waals surface area contributed by atoms with Gasteiger partial charge >= 0.3 is 0 Å². The molecule has 13 heavy (non-hydrogen) atoms. The van der Waals surface area contributed by atoms with Gasteiger partial charge in [-0.25, -0.2) is 0 Å². The Labute approximate surface area is 76.4 Å². The molecule has 0 bridgehead atoms. The van der Waals surface area contributed by atoms with Crippen LogP contribution in [0.25, 0.3) is 0 Å². The van der Waals surface area contributed by atoms with Gasteiger partial charge in [-0.3, -0.25) is 0 Å². The Balaban J connectivity index is 3.37. The summed E-state index contributed by atoms with van der Waals surface area (Å²) in [6, 6.07) is 1.57. The number of methoxy groups -OCH3 is 2. The highest BCUT2D eigenvalue weighted by molar-refractivity contribution is 5.83. The zero-order chi connectivity index (χ0) is 10.0. The zero-order valence-electron chi connectivity index (χ0n) is 7.63. The first kappa shape index (κ1) is 9.31. The molecule has 72 valence electrons. The lowest BCUT2D eigenvalue weighted by atomic mass is 10.2. The van der Waals surface area contributed by atoms with Gasteiger partial charge in [-0.15, -0.1) is 0 Å². The van der Waals surface area contributed by atoms with E-state index in [1.54, 1.807) is 6.07 Å². The van der Waals surface area contributed by atoms with Crippen LogP contribution in [-0.4, -0.2) is 14.2 Å². The summed E-state index contributed by atoms with van der Waals surface area (Å²) < 4.78 is 9.94. The van der Waals surface area contributed by atoms with Crippen molar-refractivity contribution >= 4 is 17.1 Å². The zero-order valence-corrected chi connectivity index (χ0v) is 7.63. The molecule has 0 amide bonds. The second kappa shape index (κ2) is 3.30. The Morgan fingerprint density at radius 3 is 2.08 bits per heavy atom. The van der Waals surface area contributed by atoms with Crippen LogP contribution in [0, 0.1) is 0 Å². The van der Waals surface area contributed by atoms with Gasteiger partial charge in [0.1, 0.15) is 17.1 Å². The molecule has 0 atom stereocenters. The fraction of sp³-hybridized carbons (Fsp3) is 0.250. The number of nitrogen functional groups attached to an aromatic ring is 3. The van der Waals surface area contributed by atoms with Crippen LogP contribution in [0.15, 0.2) is 6.07 Å². The lowest BCUT2D eigenvalue weighted by molar-refractivity contribution is 0.408. The average molecular weight is 183 g/mol. The molecular weight excluding hydrogens is 170 g/mol. The fourth-order valence-electron chi connectivity index (χ4n) is 1.09. The van der Waals surface area contributed by atoms with Gasteiger partial charge < -0.3 is 26.7 Å². The maximum Gasteiger partial charge on any atom is 0.167 e. The largest absolute Gasteiger partial charge is 0.494 e. The molecule has 1 aromatic rings. The number of rotatable bonds is 2. The lowest BCUT2D eigenvalue weighted by Crippen LogP contribution is -2.03. The Bertz CT molecular complexity index is 326. The molecule has 1 rings (SSSR count). The summed E-state index contributed by atoms with van der Waals surface area (Å²) in [4.78, 5) is 0. The third kappa shape index (κ3) is 1.40. The van der Waals surface area contributed by atoms with Crippen LogP contribution in [0.1, 0.15) is 0 Å². The van der Waals surface area contributed by atoms with Crippen LogP contribution in [0.2, 0.25) is 0 Å². The van der Waals surface area contributed by atoms with Crippen LogP contribution in [0.5, 0.6) is 11.5 Å². The molecular formula is C8H13N3O2. The van der Waals surface area contributed by atoms with Gasteiger partial charge in [0.25, 0.3) is 0 Å². The molecule has 0 spiro atoms. The molecule has 0 aliphatic rings. The van der Waals surface area contributed by atoms with Crippen molar-refractivity contribution in [1.82, 2.24) is 0 Å². The maximum atomic E-state index is 5.66. The Morgan fingerprint density at radius 1 is 1.00 bits per heavy atom. The first-order valence-corrected chi connectivity index (χ1v) is 3.67. The van der Waals surface area contributed by atoms with E-state index in [2.05, 4.69) is 0 Å². The van der Waals surface area contributed by atoms with E-state index in [4.69, 9.17) is 26.7 Å². The molecule has 0 radical (unpaired) electrons. The predicted octanol–water partition coefficient (Wildman–Crippen LogP) is 0.450. The molecule has 1 aromatic carbocycles. The number of ether oxygens (including phenoxy) is 2. The standard InChI is InChI=1S/C8H13N3O2/c1-12-5-3-4(9)8(13-2)7(11)6(5)10/h3H,9-11H2,1-2H3. The minimum atomic E-state index is 0.305. The predicted molar refractivity (Wildman–Crippen MR) is 52.8 cm³/mol. The van der Waals surface area contributed by atoms with Gasteiger partial charge in [0.05, 0.1) is 19.9 Å². The number of nitrogens with two attached hydrogens (primary N) is 3. The lowest BCUT2D eigenvalue weighted by Gasteiger charge is -2.13. The second-order valence-electron chi connectivity index (χ2n) is 2.53. The van der Waals surface area contributed by atoms with Crippen molar-refractivity contribution < 1.29 is 9.47 Å². The Hall–Kier alpha value is -1.78. The Kier molecular flexibility index (Phi) is 2.36. The first-order chi connectivity index (χ1) is 6.11. The van der Waals surface area contributed by atoms with Gasteiger partial charge in [-0.2, -0.15) is 0 Å². The number of benzene rings is 1. The summed E-state index contributed by atoms with van der Waals surface area (Å²) in [6.07, 6.45) is 0. The van der Waals surface area contributed by atoms with Gasteiger partial charge in [0, 0.05) is 6.07 Å². The normalized spacial score (nSPS) is 9.69. The molecule has 0 aliphatic carbocycles. The van der Waals surface area contributed by atoms with Crippen LogP contribution in [-0.2, 0) is 0 Å². The highest BCUT2D eigenvalue weighted by Gasteiger charge is 2.12. The van der Waals surface area contributed by atoms with Crippen molar-refractivity contribution in [1.29, 1.82) is 0 Å². The summed E-state index contributed by atoms with van der Waals surface area (Å²) in [7, 11) is 2.98. The molecule has 5 nitrogen and oxygen atoms in total. The van der Waals surface area contributed by atoms with Crippen molar-refractivity contribution in [3.8, 4) is 11.5 Å². The average Bonchev–Trinajstić information content (AvgIpc) is 2.12. The smallest absolute Gasteiger partial charge is 0.167 e. The molecule has 0 aromatic heterocycles. The molecule has 5 heteroatoms. The summed E-state index contributed by atoms with van der Waals surface area (Å²) in [6.45, 7) is 0. The quantitative estimate of drug-likeness (QED) is 0.578. The van der Waals surface area contributed by atoms with Gasteiger partial charge in [0.2, 0.25) is 0 Å². The summed E-state index contributed by atoms with van der Waals surface area (Å²) in [5.74, 6) is 0.842. The molecule has 6 N–H and O–H groups in total. The third-order valence-electron chi connectivity index (χ3n) is 1.77. The van der Waals surface area contributed by atoms with Crippen molar-refractivity contribution in [2.75, 3.05) is 31.4 Å². The Morgan fingerprint density at radius 2 is 1.62 bits per heavy atom. The summed E-state index contributed by atoms with van der Waals surface area (Å²) in [5, 5.41) is 0.